The number of para-hydroxylation sites is 1. The normalized spacial score (nSPS) is 20.0. The van der Waals surface area contributed by atoms with Crippen molar-refractivity contribution in [3.63, 3.8) is 0 Å². The summed E-state index contributed by atoms with van der Waals surface area (Å²) in [5, 5.41) is 0. The van der Waals surface area contributed by atoms with Crippen LogP contribution in [-0.4, -0.2) is 22.6 Å². The van der Waals surface area contributed by atoms with Gasteiger partial charge in [-0.1, -0.05) is 42.5 Å². The molecule has 0 aliphatic carbocycles. The van der Waals surface area contributed by atoms with E-state index in [2.05, 4.69) is 69.0 Å². The lowest BCUT2D eigenvalue weighted by Gasteiger charge is -2.37. The number of aromatic nitrogens is 2. The van der Waals surface area contributed by atoms with Crippen LogP contribution in [0.15, 0.2) is 67.1 Å². The molecule has 0 amide bonds. The van der Waals surface area contributed by atoms with Gasteiger partial charge in [-0.05, 0) is 36.5 Å². The van der Waals surface area contributed by atoms with Crippen molar-refractivity contribution in [2.24, 2.45) is 5.92 Å². The number of rotatable bonds is 2. The molecule has 1 atom stereocenters. The molecular weight excluding hydrogens is 294 g/mol. The number of benzene rings is 2. The highest BCUT2D eigenvalue weighted by Gasteiger charge is 2.35. The van der Waals surface area contributed by atoms with Gasteiger partial charge >= 0.3 is 0 Å². The largest absolute Gasteiger partial charge is 0.372 e. The van der Waals surface area contributed by atoms with E-state index in [-0.39, 0.29) is 0 Å². The quantitative estimate of drug-likeness (QED) is 0.700. The molecule has 2 aromatic carbocycles. The highest BCUT2D eigenvalue weighted by Crippen LogP contribution is 2.45. The first kappa shape index (κ1) is 13.8. The number of piperidine rings is 1. The van der Waals surface area contributed by atoms with Crippen molar-refractivity contribution < 1.29 is 0 Å². The van der Waals surface area contributed by atoms with Gasteiger partial charge in [-0.3, -0.25) is 0 Å². The van der Waals surface area contributed by atoms with E-state index in [1.807, 2.05) is 12.5 Å². The molecule has 0 spiro atoms. The minimum atomic E-state index is 0.455. The molecule has 0 unspecified atom stereocenters. The van der Waals surface area contributed by atoms with Gasteiger partial charge < -0.3 is 9.47 Å². The zero-order valence-corrected chi connectivity index (χ0v) is 13.7. The number of hydrogen-bond donors (Lipinski definition) is 0. The van der Waals surface area contributed by atoms with Gasteiger partial charge in [-0.15, -0.1) is 0 Å². The summed E-state index contributed by atoms with van der Waals surface area (Å²) < 4.78 is 2.40. The van der Waals surface area contributed by atoms with Crippen molar-refractivity contribution >= 4 is 5.69 Å². The van der Waals surface area contributed by atoms with Crippen LogP contribution in [0.5, 0.6) is 0 Å². The van der Waals surface area contributed by atoms with Crippen LogP contribution < -0.4 is 4.90 Å². The van der Waals surface area contributed by atoms with Crippen molar-refractivity contribution in [3.05, 3.63) is 72.7 Å². The van der Waals surface area contributed by atoms with Gasteiger partial charge in [0.25, 0.3) is 0 Å². The highest BCUT2D eigenvalue weighted by atomic mass is 15.1. The first-order valence-corrected chi connectivity index (χ1v) is 8.83. The Morgan fingerprint density at radius 1 is 0.875 bits per heavy atom. The maximum absolute atomic E-state index is 4.40. The molecule has 0 saturated carbocycles. The third-order valence-electron chi connectivity index (χ3n) is 5.63. The average molecular weight is 315 g/mol. The fraction of sp³-hybridized carbons (Fsp3) is 0.286. The summed E-state index contributed by atoms with van der Waals surface area (Å²) in [5.74, 6) is 0.682. The molecule has 1 aromatic heterocycles. The van der Waals surface area contributed by atoms with E-state index < -0.39 is 0 Å². The van der Waals surface area contributed by atoms with Crippen LogP contribution in [0.1, 0.15) is 24.4 Å². The smallest absolute Gasteiger partial charge is 0.0956 e. The van der Waals surface area contributed by atoms with E-state index in [9.17, 15) is 0 Å². The monoisotopic (exact) mass is 315 g/mol. The zero-order chi connectivity index (χ0) is 15.9. The predicted molar refractivity (Wildman–Crippen MR) is 97.2 cm³/mol. The summed E-state index contributed by atoms with van der Waals surface area (Å²) in [6.45, 7) is 2.27. The fourth-order valence-electron chi connectivity index (χ4n) is 4.47. The van der Waals surface area contributed by atoms with Crippen molar-refractivity contribution in [2.75, 3.05) is 18.0 Å². The van der Waals surface area contributed by atoms with E-state index >= 15 is 0 Å². The third kappa shape index (κ3) is 2.08. The van der Waals surface area contributed by atoms with Crippen LogP contribution in [0.2, 0.25) is 0 Å². The number of anilines is 1. The SMILES string of the molecule is c1ccc(N2CCC([C@@H]3c4ccccc4-c4cncn43)CC2)cc1. The van der Waals surface area contributed by atoms with Gasteiger partial charge in [0.1, 0.15) is 0 Å². The van der Waals surface area contributed by atoms with E-state index in [0.717, 1.165) is 13.1 Å². The van der Waals surface area contributed by atoms with Crippen LogP contribution in [0.3, 0.4) is 0 Å². The third-order valence-corrected chi connectivity index (χ3v) is 5.63. The first-order valence-electron chi connectivity index (χ1n) is 8.83. The van der Waals surface area contributed by atoms with Gasteiger partial charge in [0.05, 0.1) is 24.3 Å². The molecule has 24 heavy (non-hydrogen) atoms. The Morgan fingerprint density at radius 2 is 1.62 bits per heavy atom. The first-order chi connectivity index (χ1) is 11.9. The molecule has 5 rings (SSSR count). The Balaban J connectivity index is 1.41. The second-order valence-corrected chi connectivity index (χ2v) is 6.88. The van der Waals surface area contributed by atoms with E-state index in [0.29, 0.717) is 12.0 Å². The minimum absolute atomic E-state index is 0.455. The second kappa shape index (κ2) is 5.52. The standard InChI is InChI=1S/C21H21N3/c1-2-6-17(7-3-1)23-12-10-16(11-13-23)21-19-9-5-4-8-18(19)20-14-22-15-24(20)21/h1-9,14-16,21H,10-13H2/t21-/m1/s1. The maximum Gasteiger partial charge on any atom is 0.0956 e. The molecule has 0 bridgehead atoms. The van der Waals surface area contributed by atoms with E-state index in [4.69, 9.17) is 0 Å². The van der Waals surface area contributed by atoms with Crippen LogP contribution >= 0.6 is 0 Å². The van der Waals surface area contributed by atoms with Gasteiger partial charge in [-0.25, -0.2) is 4.98 Å². The van der Waals surface area contributed by atoms with Gasteiger partial charge in [0.15, 0.2) is 0 Å². The lowest BCUT2D eigenvalue weighted by atomic mass is 9.85. The molecule has 3 heteroatoms. The molecule has 2 aliphatic heterocycles. The lowest BCUT2D eigenvalue weighted by Crippen LogP contribution is -2.36. The van der Waals surface area contributed by atoms with Crippen molar-refractivity contribution in [2.45, 2.75) is 18.9 Å². The molecule has 2 aliphatic rings. The second-order valence-electron chi connectivity index (χ2n) is 6.88. The Morgan fingerprint density at radius 3 is 2.46 bits per heavy atom. The number of nitrogens with zero attached hydrogens (tertiary/aromatic N) is 3. The van der Waals surface area contributed by atoms with Gasteiger partial charge in [0, 0.05) is 24.3 Å². The Labute approximate surface area is 142 Å². The maximum atomic E-state index is 4.40. The average Bonchev–Trinajstić information content (AvgIpc) is 3.23. The topological polar surface area (TPSA) is 21.1 Å². The fourth-order valence-corrected chi connectivity index (χ4v) is 4.47. The van der Waals surface area contributed by atoms with E-state index in [1.54, 1.807) is 0 Å². The number of fused-ring (bicyclic) bond motifs is 3. The van der Waals surface area contributed by atoms with Gasteiger partial charge in [0.2, 0.25) is 0 Å². The van der Waals surface area contributed by atoms with Crippen LogP contribution in [0.25, 0.3) is 11.3 Å². The van der Waals surface area contributed by atoms with Crippen molar-refractivity contribution in [3.8, 4) is 11.3 Å². The van der Waals surface area contributed by atoms with Crippen molar-refractivity contribution in [1.29, 1.82) is 0 Å². The van der Waals surface area contributed by atoms with E-state index in [1.165, 1.54) is 35.3 Å². The lowest BCUT2D eigenvalue weighted by molar-refractivity contribution is 0.317. The molecule has 1 saturated heterocycles. The highest BCUT2D eigenvalue weighted by molar-refractivity contribution is 5.69. The molecule has 0 radical (unpaired) electrons. The molecule has 3 heterocycles. The Bertz CT molecular complexity index is 844. The summed E-state index contributed by atoms with van der Waals surface area (Å²) in [7, 11) is 0. The summed E-state index contributed by atoms with van der Waals surface area (Å²) >= 11 is 0. The number of imidazole rings is 1. The summed E-state index contributed by atoms with van der Waals surface area (Å²) in [6, 6.07) is 20.1. The van der Waals surface area contributed by atoms with Crippen LogP contribution in [0, 0.1) is 5.92 Å². The zero-order valence-electron chi connectivity index (χ0n) is 13.7. The molecule has 120 valence electrons. The summed E-state index contributed by atoms with van der Waals surface area (Å²) in [5.41, 5.74) is 5.48. The molecule has 3 aromatic rings. The Kier molecular flexibility index (Phi) is 3.18. The number of hydrogen-bond acceptors (Lipinski definition) is 2. The Hall–Kier alpha value is -2.55. The minimum Gasteiger partial charge on any atom is -0.372 e. The molecular formula is C21H21N3. The summed E-state index contributed by atoms with van der Waals surface area (Å²) in [6.07, 6.45) is 6.48. The molecule has 3 nitrogen and oxygen atoms in total. The summed E-state index contributed by atoms with van der Waals surface area (Å²) in [4.78, 5) is 6.92. The van der Waals surface area contributed by atoms with Crippen LogP contribution in [0.4, 0.5) is 5.69 Å². The molecule has 1 fully saturated rings. The van der Waals surface area contributed by atoms with Gasteiger partial charge in [-0.2, -0.15) is 0 Å². The van der Waals surface area contributed by atoms with Crippen LogP contribution in [-0.2, 0) is 0 Å². The molecule has 0 N–H and O–H groups in total. The van der Waals surface area contributed by atoms with Crippen molar-refractivity contribution in [1.82, 2.24) is 9.55 Å². The predicted octanol–water partition coefficient (Wildman–Crippen LogP) is 4.37.